The fourth-order valence-corrected chi connectivity index (χ4v) is 10.9. The highest BCUT2D eigenvalue weighted by Crippen LogP contribution is 2.59. The molecule has 276 valence electrons. The third-order valence-electron chi connectivity index (χ3n) is 6.99. The van der Waals surface area contributed by atoms with Gasteiger partial charge in [0.2, 0.25) is 0 Å². The van der Waals surface area contributed by atoms with Crippen molar-refractivity contribution in [1.82, 2.24) is 0 Å². The van der Waals surface area contributed by atoms with Crippen LogP contribution < -0.4 is 4.52 Å². The number of aryl methyl sites for hydroxylation is 2. The smallest absolute Gasteiger partial charge is 0.424 e. The van der Waals surface area contributed by atoms with Crippen molar-refractivity contribution in [3.63, 3.8) is 0 Å². The minimum Gasteiger partial charge on any atom is -0.424 e. The molecule has 0 heterocycles. The van der Waals surface area contributed by atoms with Gasteiger partial charge in [0.1, 0.15) is 11.9 Å². The fourth-order valence-electron chi connectivity index (χ4n) is 4.48. The highest BCUT2D eigenvalue weighted by molar-refractivity contribution is 7.53. The maximum Gasteiger partial charge on any atom is 0.460 e. The van der Waals surface area contributed by atoms with Crippen LogP contribution in [0.2, 0.25) is 24.2 Å². The Balaban J connectivity index is 4.01. The number of benzene rings is 1. The lowest BCUT2D eigenvalue weighted by Crippen LogP contribution is -2.65. The third-order valence-corrected chi connectivity index (χ3v) is 13.3. The summed E-state index contributed by atoms with van der Waals surface area (Å²) in [5.41, 5.74) is 0.0225. The van der Waals surface area contributed by atoms with Crippen LogP contribution in [0, 0.1) is 13.8 Å². The average Bonchev–Trinajstić information content (AvgIpc) is 2.84. The summed E-state index contributed by atoms with van der Waals surface area (Å²) in [7, 11) is -11.0. The normalized spacial score (nSPS) is 16.6. The predicted molar refractivity (Wildman–Crippen MR) is 133 cm³/mol. The lowest BCUT2D eigenvalue weighted by Gasteiger charge is -2.42. The van der Waals surface area contributed by atoms with Gasteiger partial charge >= 0.3 is 50.1 Å². The molecule has 2 unspecified atom stereocenters. The molecule has 0 N–H and O–H groups in total. The number of halogens is 18. The van der Waals surface area contributed by atoms with Crippen molar-refractivity contribution in [3.8, 4) is 5.75 Å². The number of rotatable bonds is 15. The molecule has 0 amide bonds. The molecule has 0 fully saturated rings. The molecule has 1 aromatic carbocycles. The molecule has 23 heteroatoms. The van der Waals surface area contributed by atoms with Gasteiger partial charge in [0.05, 0.1) is 8.07 Å². The third kappa shape index (κ3) is 11.9. The molecule has 0 radical (unpaired) electrons. The lowest BCUT2D eigenvalue weighted by molar-refractivity contribution is -0.403. The Kier molecular flexibility index (Phi) is 13.0. The van der Waals surface area contributed by atoms with Crippen LogP contribution >= 0.6 is 7.60 Å². The molecular formula is C24H27F18O3PSi. The second-order valence-electron chi connectivity index (χ2n) is 11.0. The Labute approximate surface area is 256 Å². The van der Waals surface area contributed by atoms with Gasteiger partial charge in [-0.25, -0.2) is 4.57 Å². The van der Waals surface area contributed by atoms with Crippen LogP contribution in [-0.2, 0) is 9.09 Å². The highest BCUT2D eigenvalue weighted by Gasteiger charge is 2.83. The van der Waals surface area contributed by atoms with E-state index in [1.165, 1.54) is 32.0 Å². The van der Waals surface area contributed by atoms with Crippen LogP contribution in [0.5, 0.6) is 5.75 Å². The monoisotopic (exact) mass is 764 g/mol. The first-order valence-corrected chi connectivity index (χ1v) is 17.8. The summed E-state index contributed by atoms with van der Waals surface area (Å²) >= 11 is 0. The minimum absolute atomic E-state index is 0.0113. The molecule has 1 rings (SSSR count). The van der Waals surface area contributed by atoms with Crippen LogP contribution in [0.1, 0.15) is 30.4 Å². The van der Waals surface area contributed by atoms with Gasteiger partial charge in [-0.3, -0.25) is 4.52 Å². The van der Waals surface area contributed by atoms with Crippen LogP contribution in [0.25, 0.3) is 0 Å². The van der Waals surface area contributed by atoms with Gasteiger partial charge < -0.3 is 4.52 Å². The van der Waals surface area contributed by atoms with Crippen molar-refractivity contribution in [2.45, 2.75) is 106 Å². The molecule has 0 bridgehead atoms. The van der Waals surface area contributed by atoms with Gasteiger partial charge in [0.15, 0.2) is 0 Å². The Hall–Kier alpha value is -1.83. The largest absolute Gasteiger partial charge is 0.460 e. The molecule has 0 saturated carbocycles. The van der Waals surface area contributed by atoms with E-state index in [4.69, 9.17) is 4.52 Å². The fraction of sp³-hybridized carbons (Fsp3) is 0.750. The molecule has 0 saturated heterocycles. The first-order chi connectivity index (χ1) is 20.6. The van der Waals surface area contributed by atoms with Gasteiger partial charge in [0.25, 0.3) is 0 Å². The van der Waals surface area contributed by atoms with E-state index in [0.29, 0.717) is 0 Å². The summed E-state index contributed by atoms with van der Waals surface area (Å²) in [6.07, 6.45) is -34.9. The summed E-state index contributed by atoms with van der Waals surface area (Å²) < 4.78 is 267. The van der Waals surface area contributed by atoms with Crippen LogP contribution in [0.3, 0.4) is 0 Å². The Morgan fingerprint density at radius 3 is 1.34 bits per heavy atom. The predicted octanol–water partition coefficient (Wildman–Crippen LogP) is 11.7. The van der Waals surface area contributed by atoms with Crippen LogP contribution in [0.4, 0.5) is 79.0 Å². The van der Waals surface area contributed by atoms with E-state index >= 15 is 8.78 Å². The lowest BCUT2D eigenvalue weighted by atomic mass is 10.00. The first-order valence-electron chi connectivity index (χ1n) is 13.0. The topological polar surface area (TPSA) is 35.5 Å². The number of hydrogen-bond acceptors (Lipinski definition) is 3. The summed E-state index contributed by atoms with van der Waals surface area (Å²) in [6.45, 7) is 2.62. The van der Waals surface area contributed by atoms with Crippen molar-refractivity contribution in [2.75, 3.05) is 6.66 Å². The van der Waals surface area contributed by atoms with E-state index in [0.717, 1.165) is 0 Å². The molecule has 1 aromatic rings. The number of para-hydroxylation sites is 1. The second kappa shape index (κ2) is 14.2. The van der Waals surface area contributed by atoms with Crippen molar-refractivity contribution in [2.24, 2.45) is 0 Å². The average molecular weight is 765 g/mol. The molecule has 0 spiro atoms. The maximum absolute atomic E-state index is 15.4. The standard InChI is InChI=1S/C24H27F18O3PSi/c1-14-5-4-6-15(2)17(14)45-46(3,43)44-16(21(34,35)22(36,37)23(38,39)24(40,41)42)13-47(10-7-18(25,26)27,11-8-19(28,29)30)12-9-20(31,32)33/h4-6,16H,7-13H2,1-3H3. The zero-order chi connectivity index (χ0) is 37.3. The quantitative estimate of drug-likeness (QED) is 0.101. The molecule has 3 nitrogen and oxygen atoms in total. The Bertz CT molecular complexity index is 1170. The molecule has 0 aliphatic heterocycles. The zero-order valence-corrected chi connectivity index (χ0v) is 26.1. The molecule has 0 aromatic heterocycles. The minimum atomic E-state index is -7.66. The summed E-state index contributed by atoms with van der Waals surface area (Å²) in [6, 6.07) is -4.17. The Morgan fingerprint density at radius 1 is 0.660 bits per heavy atom. The van der Waals surface area contributed by atoms with Crippen molar-refractivity contribution in [3.05, 3.63) is 29.3 Å². The Morgan fingerprint density at radius 2 is 1.02 bits per heavy atom. The van der Waals surface area contributed by atoms with E-state index in [9.17, 15) is 74.8 Å². The van der Waals surface area contributed by atoms with E-state index in [1.54, 1.807) is 0 Å². The molecular weight excluding hydrogens is 737 g/mol. The van der Waals surface area contributed by atoms with Gasteiger partial charge in [0, 0.05) is 25.9 Å². The van der Waals surface area contributed by atoms with Crippen LogP contribution in [-0.4, -0.2) is 63.3 Å². The van der Waals surface area contributed by atoms with Crippen molar-refractivity contribution in [1.29, 1.82) is 0 Å². The van der Waals surface area contributed by atoms with Gasteiger partial charge in [-0.2, -0.15) is 79.0 Å². The number of alkyl halides is 18. The first kappa shape index (κ1) is 43.2. The SMILES string of the molecule is Cc1cccc(C)c1OP(C)(=O)OC(C[Si](CCC(F)(F)F)(CCC(F)(F)F)CCC(F)(F)F)C(F)(F)C(F)(F)C(F)(F)C(F)(F)F. The second-order valence-corrected chi connectivity index (χ2v) is 17.8. The zero-order valence-electron chi connectivity index (χ0n) is 24.2. The number of hydrogen-bond donors (Lipinski definition) is 0. The van der Waals surface area contributed by atoms with E-state index in [-0.39, 0.29) is 17.8 Å². The van der Waals surface area contributed by atoms with Gasteiger partial charge in [-0.05, 0) is 49.2 Å². The van der Waals surface area contributed by atoms with E-state index in [1.807, 2.05) is 0 Å². The van der Waals surface area contributed by atoms with Crippen LogP contribution in [0.15, 0.2) is 18.2 Å². The molecule has 0 aliphatic carbocycles. The summed E-state index contributed by atoms with van der Waals surface area (Å²) in [4.78, 5) is 0. The summed E-state index contributed by atoms with van der Waals surface area (Å²) in [5.74, 6) is -22.7. The van der Waals surface area contributed by atoms with Gasteiger partial charge in [-0.15, -0.1) is 0 Å². The summed E-state index contributed by atoms with van der Waals surface area (Å²) in [5, 5.41) is 0. The molecule has 0 aliphatic rings. The molecule has 47 heavy (non-hydrogen) atoms. The van der Waals surface area contributed by atoms with E-state index in [2.05, 4.69) is 4.52 Å². The van der Waals surface area contributed by atoms with Crippen molar-refractivity contribution >= 4 is 15.7 Å². The maximum atomic E-state index is 15.4. The van der Waals surface area contributed by atoms with Crippen molar-refractivity contribution < 1.29 is 92.6 Å². The van der Waals surface area contributed by atoms with Gasteiger partial charge in [-0.1, -0.05) is 18.2 Å². The van der Waals surface area contributed by atoms with E-state index < -0.39 is 113 Å². The molecule has 2 atom stereocenters. The highest BCUT2D eigenvalue weighted by atomic mass is 31.2.